The van der Waals surface area contributed by atoms with E-state index in [0.717, 1.165) is 30.8 Å². The highest BCUT2D eigenvalue weighted by molar-refractivity contribution is 7.80. The molecular formula is C21H25N3OS. The first kappa shape index (κ1) is 18.4. The Morgan fingerprint density at radius 2 is 1.92 bits per heavy atom. The van der Waals surface area contributed by atoms with Gasteiger partial charge in [-0.3, -0.25) is 4.79 Å². The monoisotopic (exact) mass is 367 g/mol. The summed E-state index contributed by atoms with van der Waals surface area (Å²) in [5.74, 6) is 0.201. The highest BCUT2D eigenvalue weighted by Crippen LogP contribution is 2.24. The Morgan fingerprint density at radius 3 is 2.54 bits per heavy atom. The number of thiocarbonyl (C=S) groups is 1. The third-order valence-corrected chi connectivity index (χ3v) is 5.01. The van der Waals surface area contributed by atoms with Gasteiger partial charge in [0.25, 0.3) is 0 Å². The fourth-order valence-corrected chi connectivity index (χ4v) is 3.61. The molecule has 1 fully saturated rings. The Hall–Kier alpha value is -2.40. The maximum absolute atomic E-state index is 11.8. The van der Waals surface area contributed by atoms with Gasteiger partial charge in [0.2, 0.25) is 5.91 Å². The lowest BCUT2D eigenvalue weighted by Crippen LogP contribution is -2.32. The molecule has 1 aliphatic rings. The lowest BCUT2D eigenvalue weighted by atomic mass is 10.00. The zero-order valence-electron chi connectivity index (χ0n) is 15.3. The van der Waals surface area contributed by atoms with Crippen LogP contribution in [0.2, 0.25) is 0 Å². The van der Waals surface area contributed by atoms with Gasteiger partial charge < -0.3 is 15.5 Å². The first-order valence-electron chi connectivity index (χ1n) is 9.12. The molecule has 1 aliphatic heterocycles. The molecule has 0 spiro atoms. The molecule has 3 rings (SSSR count). The van der Waals surface area contributed by atoms with Gasteiger partial charge in [0.15, 0.2) is 5.11 Å². The molecule has 0 aromatic heterocycles. The van der Waals surface area contributed by atoms with Crippen LogP contribution in [-0.4, -0.2) is 17.6 Å². The average Bonchev–Trinajstić information content (AvgIpc) is 3.07. The Labute approximate surface area is 160 Å². The fourth-order valence-electron chi connectivity index (χ4n) is 3.35. The van der Waals surface area contributed by atoms with Crippen molar-refractivity contribution in [2.45, 2.75) is 39.2 Å². The summed E-state index contributed by atoms with van der Waals surface area (Å²) in [5, 5.41) is 7.25. The maximum atomic E-state index is 11.8. The summed E-state index contributed by atoms with van der Waals surface area (Å²) >= 11 is 5.49. The second-order valence-electron chi connectivity index (χ2n) is 6.61. The third kappa shape index (κ3) is 4.22. The standard InChI is InChI=1S/C21H25N3OS/c1-3-19(18-8-5-4-7-15(18)2)23-21(26)22-16-10-12-17(13-11-16)24-14-6-9-20(24)25/h4-5,7-8,10-13,19H,3,6,9,14H2,1-2H3,(H2,22,23,26)/t19-/m0/s1. The van der Waals surface area contributed by atoms with Crippen LogP contribution in [0.5, 0.6) is 0 Å². The second-order valence-corrected chi connectivity index (χ2v) is 7.02. The Kier molecular flexibility index (Phi) is 5.89. The van der Waals surface area contributed by atoms with E-state index in [-0.39, 0.29) is 11.9 Å². The number of aryl methyl sites for hydroxylation is 1. The second kappa shape index (κ2) is 8.32. The van der Waals surface area contributed by atoms with Gasteiger partial charge in [-0.05, 0) is 67.4 Å². The lowest BCUT2D eigenvalue weighted by Gasteiger charge is -2.22. The highest BCUT2D eigenvalue weighted by Gasteiger charge is 2.21. The summed E-state index contributed by atoms with van der Waals surface area (Å²) in [7, 11) is 0. The number of benzene rings is 2. The van der Waals surface area contributed by atoms with Gasteiger partial charge >= 0.3 is 0 Å². The van der Waals surface area contributed by atoms with Crippen molar-refractivity contribution in [2.24, 2.45) is 0 Å². The SMILES string of the molecule is CC[C@H](NC(=S)Nc1ccc(N2CCCC2=O)cc1)c1ccccc1C. The van der Waals surface area contributed by atoms with Gasteiger partial charge in [-0.2, -0.15) is 0 Å². The van der Waals surface area contributed by atoms with Crippen LogP contribution in [-0.2, 0) is 4.79 Å². The van der Waals surface area contributed by atoms with E-state index in [1.54, 1.807) is 0 Å². The Balaban J connectivity index is 1.62. The van der Waals surface area contributed by atoms with Crippen LogP contribution >= 0.6 is 12.2 Å². The molecule has 0 saturated carbocycles. The minimum Gasteiger partial charge on any atom is -0.356 e. The number of rotatable bonds is 5. The molecule has 0 unspecified atom stereocenters. The molecule has 136 valence electrons. The van der Waals surface area contributed by atoms with E-state index in [1.165, 1.54) is 11.1 Å². The number of carbonyl (C=O) groups is 1. The van der Waals surface area contributed by atoms with Crippen molar-refractivity contribution in [3.8, 4) is 0 Å². The van der Waals surface area contributed by atoms with Gasteiger partial charge in [-0.1, -0.05) is 31.2 Å². The smallest absolute Gasteiger partial charge is 0.227 e. The Morgan fingerprint density at radius 1 is 1.19 bits per heavy atom. The molecule has 2 aromatic carbocycles. The van der Waals surface area contributed by atoms with Gasteiger partial charge in [-0.15, -0.1) is 0 Å². The van der Waals surface area contributed by atoms with E-state index < -0.39 is 0 Å². The summed E-state index contributed by atoms with van der Waals surface area (Å²) in [6.45, 7) is 5.07. The number of hydrogen-bond donors (Lipinski definition) is 2. The molecular weight excluding hydrogens is 342 g/mol. The molecule has 26 heavy (non-hydrogen) atoms. The predicted molar refractivity (Wildman–Crippen MR) is 112 cm³/mol. The maximum Gasteiger partial charge on any atom is 0.227 e. The molecule has 2 aromatic rings. The van der Waals surface area contributed by atoms with Crippen molar-refractivity contribution in [1.29, 1.82) is 0 Å². The largest absolute Gasteiger partial charge is 0.356 e. The van der Waals surface area contributed by atoms with Gasteiger partial charge in [0, 0.05) is 24.3 Å². The van der Waals surface area contributed by atoms with E-state index in [0.29, 0.717) is 11.5 Å². The molecule has 4 nitrogen and oxygen atoms in total. The van der Waals surface area contributed by atoms with Gasteiger partial charge in [0.05, 0.1) is 6.04 Å². The topological polar surface area (TPSA) is 44.4 Å². The molecule has 2 N–H and O–H groups in total. The zero-order chi connectivity index (χ0) is 18.5. The van der Waals surface area contributed by atoms with E-state index in [2.05, 4.69) is 48.7 Å². The third-order valence-electron chi connectivity index (χ3n) is 4.79. The molecule has 5 heteroatoms. The van der Waals surface area contributed by atoms with E-state index in [1.807, 2.05) is 29.2 Å². The lowest BCUT2D eigenvalue weighted by molar-refractivity contribution is -0.117. The Bertz CT molecular complexity index is 788. The average molecular weight is 368 g/mol. The minimum atomic E-state index is 0.178. The van der Waals surface area contributed by atoms with E-state index in [4.69, 9.17) is 12.2 Å². The number of carbonyl (C=O) groups excluding carboxylic acids is 1. The first-order valence-corrected chi connectivity index (χ1v) is 9.52. The van der Waals surface area contributed by atoms with Crippen LogP contribution in [0.4, 0.5) is 11.4 Å². The molecule has 1 atom stereocenters. The van der Waals surface area contributed by atoms with Gasteiger partial charge in [0.1, 0.15) is 0 Å². The zero-order valence-corrected chi connectivity index (χ0v) is 16.1. The molecule has 0 bridgehead atoms. The van der Waals surface area contributed by atoms with Crippen molar-refractivity contribution >= 4 is 34.6 Å². The highest BCUT2D eigenvalue weighted by atomic mass is 32.1. The van der Waals surface area contributed by atoms with Crippen molar-refractivity contribution in [3.63, 3.8) is 0 Å². The fraction of sp³-hybridized carbons (Fsp3) is 0.333. The number of nitrogens with zero attached hydrogens (tertiary/aromatic N) is 1. The van der Waals surface area contributed by atoms with E-state index in [9.17, 15) is 4.79 Å². The van der Waals surface area contributed by atoms with Gasteiger partial charge in [-0.25, -0.2) is 0 Å². The van der Waals surface area contributed by atoms with E-state index >= 15 is 0 Å². The van der Waals surface area contributed by atoms with Crippen LogP contribution in [0.3, 0.4) is 0 Å². The summed E-state index contributed by atoms with van der Waals surface area (Å²) in [4.78, 5) is 13.7. The van der Waals surface area contributed by atoms with Crippen molar-refractivity contribution < 1.29 is 4.79 Å². The van der Waals surface area contributed by atoms with Crippen LogP contribution in [0.1, 0.15) is 43.4 Å². The summed E-state index contributed by atoms with van der Waals surface area (Å²) in [5.41, 5.74) is 4.39. The predicted octanol–water partition coefficient (Wildman–Crippen LogP) is 4.56. The molecule has 1 saturated heterocycles. The normalized spacial score (nSPS) is 15.0. The molecule has 1 amide bonds. The van der Waals surface area contributed by atoms with Crippen molar-refractivity contribution in [2.75, 3.05) is 16.8 Å². The van der Waals surface area contributed by atoms with Crippen LogP contribution in [0.25, 0.3) is 0 Å². The molecule has 0 aliphatic carbocycles. The van der Waals surface area contributed by atoms with Crippen LogP contribution in [0, 0.1) is 6.92 Å². The summed E-state index contributed by atoms with van der Waals surface area (Å²) in [6.07, 6.45) is 2.53. The van der Waals surface area contributed by atoms with Crippen LogP contribution in [0.15, 0.2) is 48.5 Å². The number of hydrogen-bond acceptors (Lipinski definition) is 2. The minimum absolute atomic E-state index is 0.178. The number of amides is 1. The molecule has 0 radical (unpaired) electrons. The molecule has 1 heterocycles. The summed E-state index contributed by atoms with van der Waals surface area (Å²) < 4.78 is 0. The number of nitrogens with one attached hydrogen (secondary N) is 2. The summed E-state index contributed by atoms with van der Waals surface area (Å²) in [6, 6.07) is 16.4. The van der Waals surface area contributed by atoms with Crippen molar-refractivity contribution in [3.05, 3.63) is 59.7 Å². The van der Waals surface area contributed by atoms with Crippen LogP contribution < -0.4 is 15.5 Å². The first-order chi connectivity index (χ1) is 12.6. The number of anilines is 2. The van der Waals surface area contributed by atoms with Crippen molar-refractivity contribution in [1.82, 2.24) is 5.32 Å². The quantitative estimate of drug-likeness (QED) is 0.761.